The zero-order chi connectivity index (χ0) is 35.4. The van der Waals surface area contributed by atoms with E-state index in [1.165, 1.54) is 37.7 Å². The average molecular weight is 685 g/mol. The lowest BCUT2D eigenvalue weighted by molar-refractivity contribution is 0.0672. The van der Waals surface area contributed by atoms with Crippen LogP contribution in [0.3, 0.4) is 0 Å². The van der Waals surface area contributed by atoms with Crippen LogP contribution in [0, 0.1) is 23.2 Å². The molecule has 0 radical (unpaired) electrons. The maximum atomic E-state index is 10.3. The Bertz CT molecular complexity index is 1340. The summed E-state index contributed by atoms with van der Waals surface area (Å²) in [5, 5.41) is 23.5. The molecule has 0 spiro atoms. The molecule has 3 saturated carbocycles. The van der Waals surface area contributed by atoms with E-state index in [1.54, 1.807) is 24.2 Å². The van der Waals surface area contributed by atoms with E-state index >= 15 is 0 Å². The molecular weight excluding hydrogens is 617 g/mol. The fourth-order valence-corrected chi connectivity index (χ4v) is 10.6. The highest BCUT2D eigenvalue weighted by Gasteiger charge is 2.51. The minimum Gasteiger partial charge on any atom is -0.413 e. The number of aliphatic hydroxyl groups is 1. The van der Waals surface area contributed by atoms with Gasteiger partial charge in [0.25, 0.3) is 0 Å². The number of hydrogen-bond donors (Lipinski definition) is 1. The topological polar surface area (TPSA) is 82.3 Å². The molecule has 9 heteroatoms. The first kappa shape index (κ1) is 38.4. The van der Waals surface area contributed by atoms with Crippen molar-refractivity contribution in [2.24, 2.45) is 23.2 Å². The Balaban J connectivity index is 1.57. The summed E-state index contributed by atoms with van der Waals surface area (Å²) in [5.41, 5.74) is 3.25. The van der Waals surface area contributed by atoms with Crippen molar-refractivity contribution in [2.45, 2.75) is 175 Å². The first-order chi connectivity index (χ1) is 21.4. The molecule has 1 aromatic rings. The van der Waals surface area contributed by atoms with Gasteiger partial charge >= 0.3 is 0 Å². The fraction of sp³-hybridized carbons (Fsp3) is 0.816. The summed E-state index contributed by atoms with van der Waals surface area (Å²) in [6.07, 6.45) is 12.9. The van der Waals surface area contributed by atoms with E-state index in [1.807, 2.05) is 0 Å². The standard InChI is InChI=1S/C38H68N4O3Si2/c1-26(25-42-40-34(39-41-42)37(9,10)43)31-20-21-32-28(17-16-22-38(31,32)11)18-19-29-23-30(44-46(12,13)35(3,4)5)24-33(27(29)2)45-47(14,15)36(6,7)8/h18-19,26,30-33,43H,2,16-17,20-25H2,1,3-15H3/b28-18+,29-19+/t26-,30-,31-,32+,33+,38-/m1/s1. The molecule has 1 aromatic heterocycles. The smallest absolute Gasteiger partial charge is 0.205 e. The van der Waals surface area contributed by atoms with Crippen LogP contribution in [0.4, 0.5) is 0 Å². The maximum absolute atomic E-state index is 10.3. The number of aromatic nitrogens is 4. The van der Waals surface area contributed by atoms with E-state index in [9.17, 15) is 5.11 Å². The molecule has 266 valence electrons. The maximum Gasteiger partial charge on any atom is 0.205 e. The van der Waals surface area contributed by atoms with Gasteiger partial charge in [-0.15, -0.1) is 10.2 Å². The van der Waals surface area contributed by atoms with Crippen molar-refractivity contribution < 1.29 is 14.0 Å². The molecule has 0 saturated heterocycles. The summed E-state index contributed by atoms with van der Waals surface area (Å²) in [4.78, 5) is 1.69. The summed E-state index contributed by atoms with van der Waals surface area (Å²) in [7, 11) is -3.95. The van der Waals surface area contributed by atoms with Gasteiger partial charge in [-0.05, 0) is 128 Å². The second kappa shape index (κ2) is 13.4. The lowest BCUT2D eigenvalue weighted by Crippen LogP contribution is -2.49. The van der Waals surface area contributed by atoms with Crippen LogP contribution in [0.2, 0.25) is 36.3 Å². The van der Waals surface area contributed by atoms with Crippen molar-refractivity contribution in [3.05, 3.63) is 41.3 Å². The predicted octanol–water partition coefficient (Wildman–Crippen LogP) is 9.74. The van der Waals surface area contributed by atoms with Gasteiger partial charge in [0, 0.05) is 6.42 Å². The Morgan fingerprint density at radius 3 is 2.19 bits per heavy atom. The van der Waals surface area contributed by atoms with Gasteiger partial charge in [0.1, 0.15) is 5.60 Å². The number of fused-ring (bicyclic) bond motifs is 1. The largest absolute Gasteiger partial charge is 0.413 e. The van der Waals surface area contributed by atoms with Crippen molar-refractivity contribution in [1.29, 1.82) is 0 Å². The van der Waals surface area contributed by atoms with Crippen molar-refractivity contribution in [2.75, 3.05) is 0 Å². The van der Waals surface area contributed by atoms with Crippen LogP contribution in [-0.2, 0) is 21.0 Å². The zero-order valence-electron chi connectivity index (χ0n) is 32.5. The van der Waals surface area contributed by atoms with Gasteiger partial charge in [-0.1, -0.05) is 79.7 Å². The minimum absolute atomic E-state index is 0.000267. The van der Waals surface area contributed by atoms with Crippen LogP contribution in [-0.4, -0.2) is 54.2 Å². The number of tetrazole rings is 1. The second-order valence-electron chi connectivity index (χ2n) is 19.1. The quantitative estimate of drug-likeness (QED) is 0.261. The molecule has 0 amide bonds. The van der Waals surface area contributed by atoms with Crippen LogP contribution >= 0.6 is 0 Å². The van der Waals surface area contributed by atoms with E-state index in [-0.39, 0.29) is 27.7 Å². The van der Waals surface area contributed by atoms with E-state index in [0.29, 0.717) is 23.6 Å². The average Bonchev–Trinajstić information content (AvgIpc) is 3.52. The molecule has 0 aliphatic heterocycles. The third-order valence-corrected chi connectivity index (χ3v) is 21.9. The first-order valence-corrected chi connectivity index (χ1v) is 24.1. The molecule has 0 aromatic carbocycles. The van der Waals surface area contributed by atoms with Crippen LogP contribution in [0.5, 0.6) is 0 Å². The van der Waals surface area contributed by atoms with Crippen molar-refractivity contribution in [3.63, 3.8) is 0 Å². The predicted molar refractivity (Wildman–Crippen MR) is 199 cm³/mol. The Morgan fingerprint density at radius 2 is 1.62 bits per heavy atom. The number of hydrogen-bond acceptors (Lipinski definition) is 6. The molecule has 47 heavy (non-hydrogen) atoms. The van der Waals surface area contributed by atoms with Crippen LogP contribution in [0.1, 0.15) is 120 Å². The monoisotopic (exact) mass is 684 g/mol. The van der Waals surface area contributed by atoms with Crippen LogP contribution in [0.25, 0.3) is 0 Å². The van der Waals surface area contributed by atoms with Gasteiger partial charge in [0.15, 0.2) is 16.6 Å². The van der Waals surface area contributed by atoms with Crippen LogP contribution < -0.4 is 0 Å². The fourth-order valence-electron chi connectivity index (χ4n) is 7.93. The SMILES string of the molecule is C=C1/C(=C/C=C2\CCC[C@]3(C)[C@@H]([C@H](C)Cn4nnc(C(C)(C)O)n4)CC[C@@H]23)C[C@@H](O[Si](C)(C)C(C)(C)C)C[C@@H]1O[Si](C)(C)C(C)(C)C. The lowest BCUT2D eigenvalue weighted by Gasteiger charge is -2.45. The van der Waals surface area contributed by atoms with Gasteiger partial charge in [-0.3, -0.25) is 0 Å². The Morgan fingerprint density at radius 1 is 1.00 bits per heavy atom. The molecule has 3 aliphatic carbocycles. The van der Waals surface area contributed by atoms with Crippen LogP contribution in [0.15, 0.2) is 35.5 Å². The third kappa shape index (κ3) is 8.33. The zero-order valence-corrected chi connectivity index (χ0v) is 34.5. The van der Waals surface area contributed by atoms with Crippen molar-refractivity contribution in [1.82, 2.24) is 20.2 Å². The van der Waals surface area contributed by atoms with Gasteiger partial charge in [0.2, 0.25) is 5.82 Å². The Kier molecular flexibility index (Phi) is 10.9. The van der Waals surface area contributed by atoms with E-state index < -0.39 is 22.2 Å². The van der Waals surface area contributed by atoms with E-state index in [2.05, 4.69) is 116 Å². The molecular formula is C38H68N4O3Si2. The summed E-state index contributed by atoms with van der Waals surface area (Å²) >= 11 is 0. The highest BCUT2D eigenvalue weighted by molar-refractivity contribution is 6.74. The molecule has 0 unspecified atom stereocenters. The molecule has 4 rings (SSSR count). The molecule has 6 atom stereocenters. The third-order valence-electron chi connectivity index (χ3n) is 12.9. The summed E-state index contributed by atoms with van der Waals surface area (Å²) in [5.74, 6) is 1.99. The number of rotatable bonds is 9. The number of allylic oxidation sites excluding steroid dienone is 3. The van der Waals surface area contributed by atoms with Gasteiger partial charge < -0.3 is 14.0 Å². The number of nitrogens with zero attached hydrogens (tertiary/aromatic N) is 4. The van der Waals surface area contributed by atoms with Crippen molar-refractivity contribution in [3.8, 4) is 0 Å². The molecule has 0 bridgehead atoms. The summed E-state index contributed by atoms with van der Waals surface area (Å²) in [6.45, 7) is 37.1. The summed E-state index contributed by atoms with van der Waals surface area (Å²) in [6, 6.07) is 0. The second-order valence-corrected chi connectivity index (χ2v) is 28.6. The Hall–Kier alpha value is -1.40. The Labute approximate surface area is 289 Å². The highest BCUT2D eigenvalue weighted by atomic mass is 28.4. The van der Waals surface area contributed by atoms with Gasteiger partial charge in [-0.25, -0.2) is 0 Å². The van der Waals surface area contributed by atoms with E-state index in [4.69, 9.17) is 8.85 Å². The highest BCUT2D eigenvalue weighted by Crippen LogP contribution is 2.59. The normalized spacial score (nSPS) is 30.7. The lowest BCUT2D eigenvalue weighted by atomic mass is 9.61. The molecule has 3 fully saturated rings. The van der Waals surface area contributed by atoms with Gasteiger partial charge in [0.05, 0.1) is 18.8 Å². The molecule has 7 nitrogen and oxygen atoms in total. The first-order valence-electron chi connectivity index (χ1n) is 18.3. The molecule has 3 aliphatic rings. The van der Waals surface area contributed by atoms with Gasteiger partial charge in [-0.2, -0.15) is 4.80 Å². The van der Waals surface area contributed by atoms with Crippen molar-refractivity contribution >= 4 is 16.6 Å². The molecule has 1 heterocycles. The minimum atomic E-state index is -2.00. The van der Waals surface area contributed by atoms with E-state index in [0.717, 1.165) is 25.0 Å². The summed E-state index contributed by atoms with van der Waals surface area (Å²) < 4.78 is 14.2. The molecule has 1 N–H and O–H groups in total.